The summed E-state index contributed by atoms with van der Waals surface area (Å²) in [5.41, 5.74) is -0.639. The monoisotopic (exact) mass is 384 g/mol. The lowest BCUT2D eigenvalue weighted by Crippen LogP contribution is -2.43. The number of rotatable bonds is 5. The van der Waals surface area contributed by atoms with E-state index >= 15 is 0 Å². The highest BCUT2D eigenvalue weighted by Crippen LogP contribution is 2.34. The molecule has 1 rings (SSSR count). The van der Waals surface area contributed by atoms with Crippen LogP contribution in [0.4, 0.5) is 0 Å². The molecule has 1 unspecified atom stereocenters. The van der Waals surface area contributed by atoms with Crippen LogP contribution in [0.15, 0.2) is 28.7 Å². The summed E-state index contributed by atoms with van der Waals surface area (Å²) in [7, 11) is 1.34. The van der Waals surface area contributed by atoms with E-state index in [0.29, 0.717) is 6.42 Å². The van der Waals surface area contributed by atoms with Crippen molar-refractivity contribution in [3.05, 3.63) is 34.3 Å². The van der Waals surface area contributed by atoms with Crippen molar-refractivity contribution >= 4 is 27.9 Å². The van der Waals surface area contributed by atoms with Gasteiger partial charge in [0.25, 0.3) is 0 Å². The summed E-state index contributed by atoms with van der Waals surface area (Å²) in [5, 5.41) is 0. The first-order chi connectivity index (χ1) is 10.5. The van der Waals surface area contributed by atoms with Crippen LogP contribution in [0.1, 0.15) is 40.2 Å². The Kier molecular flexibility index (Phi) is 6.40. The minimum absolute atomic E-state index is 0.405. The molecule has 23 heavy (non-hydrogen) atoms. The van der Waals surface area contributed by atoms with E-state index in [4.69, 9.17) is 9.47 Å². The van der Waals surface area contributed by atoms with Crippen LogP contribution in [0.3, 0.4) is 0 Å². The van der Waals surface area contributed by atoms with E-state index in [1.807, 2.05) is 45.0 Å². The number of hydrogen-bond donors (Lipinski definition) is 0. The van der Waals surface area contributed by atoms with Crippen molar-refractivity contribution in [2.75, 3.05) is 7.11 Å². The third-order valence-corrected chi connectivity index (χ3v) is 4.16. The second-order valence-corrected chi connectivity index (χ2v) is 8.05. The number of methoxy groups -OCH3 is 1. The van der Waals surface area contributed by atoms with Crippen LogP contribution in [0.2, 0.25) is 0 Å². The number of carbonyl (C=O) groups excluding carboxylic acids is 2. The Hall–Kier alpha value is -1.36. The molecular formula is C18H25BrO4. The van der Waals surface area contributed by atoms with E-state index in [0.717, 1.165) is 10.0 Å². The normalized spacial score (nSPS) is 13.3. The molecule has 128 valence electrons. The second-order valence-electron chi connectivity index (χ2n) is 7.13. The van der Waals surface area contributed by atoms with Crippen LogP contribution in [0.5, 0.6) is 0 Å². The Morgan fingerprint density at radius 3 is 2.04 bits per heavy atom. The van der Waals surface area contributed by atoms with Gasteiger partial charge in [0.05, 0.1) is 18.4 Å². The van der Waals surface area contributed by atoms with Crippen molar-refractivity contribution in [3.63, 3.8) is 0 Å². The molecule has 0 saturated heterocycles. The van der Waals surface area contributed by atoms with Gasteiger partial charge in [0, 0.05) is 4.47 Å². The van der Waals surface area contributed by atoms with Gasteiger partial charge in [0.15, 0.2) is 0 Å². The summed E-state index contributed by atoms with van der Waals surface area (Å²) in [6.45, 7) is 8.87. The molecule has 0 radical (unpaired) electrons. The maximum absolute atomic E-state index is 12.5. The molecule has 0 aliphatic carbocycles. The average molecular weight is 385 g/mol. The maximum Gasteiger partial charge on any atom is 0.312 e. The molecule has 0 spiro atoms. The fourth-order valence-electron chi connectivity index (χ4n) is 2.18. The summed E-state index contributed by atoms with van der Waals surface area (Å²) in [6.07, 6.45) is 0.409. The molecule has 0 saturated carbocycles. The van der Waals surface area contributed by atoms with Gasteiger partial charge in [0.2, 0.25) is 0 Å². The molecule has 1 aromatic carbocycles. The molecule has 0 aliphatic heterocycles. The zero-order valence-corrected chi connectivity index (χ0v) is 16.2. The predicted molar refractivity (Wildman–Crippen MR) is 93.0 cm³/mol. The van der Waals surface area contributed by atoms with Gasteiger partial charge in [-0.15, -0.1) is 0 Å². The van der Waals surface area contributed by atoms with Crippen LogP contribution in [-0.2, 0) is 25.5 Å². The highest BCUT2D eigenvalue weighted by atomic mass is 79.9. The first kappa shape index (κ1) is 19.7. The number of carbonyl (C=O) groups is 2. The van der Waals surface area contributed by atoms with E-state index in [9.17, 15) is 9.59 Å². The fraction of sp³-hybridized carbons (Fsp3) is 0.556. The summed E-state index contributed by atoms with van der Waals surface area (Å²) in [6, 6.07) is 7.66. The van der Waals surface area contributed by atoms with Crippen LogP contribution < -0.4 is 0 Å². The first-order valence-electron chi connectivity index (χ1n) is 7.53. The molecule has 1 aromatic rings. The van der Waals surface area contributed by atoms with E-state index in [1.165, 1.54) is 7.11 Å². The Labute approximate surface area is 146 Å². The highest BCUT2D eigenvalue weighted by Gasteiger charge is 2.44. The van der Waals surface area contributed by atoms with Gasteiger partial charge in [-0.3, -0.25) is 9.59 Å². The molecule has 1 atom stereocenters. The first-order valence-corrected chi connectivity index (χ1v) is 8.32. The number of halogens is 1. The molecule has 5 heteroatoms. The van der Waals surface area contributed by atoms with E-state index in [1.54, 1.807) is 13.8 Å². The quantitative estimate of drug-likeness (QED) is 0.715. The third-order valence-electron chi connectivity index (χ3n) is 3.63. The lowest BCUT2D eigenvalue weighted by atomic mass is 9.75. The molecule has 0 fully saturated rings. The SMILES string of the molecule is COC(=O)C(Cc1ccc(Br)cc1)C(C)(C)C(=O)OC(C)(C)C. The van der Waals surface area contributed by atoms with Crippen molar-refractivity contribution in [1.29, 1.82) is 0 Å². The van der Waals surface area contributed by atoms with Crippen LogP contribution in [0.25, 0.3) is 0 Å². The van der Waals surface area contributed by atoms with Crippen molar-refractivity contribution in [1.82, 2.24) is 0 Å². The number of benzene rings is 1. The van der Waals surface area contributed by atoms with Gasteiger partial charge in [-0.25, -0.2) is 0 Å². The second kappa shape index (κ2) is 7.47. The summed E-state index contributed by atoms with van der Waals surface area (Å²) >= 11 is 3.38. The van der Waals surface area contributed by atoms with Crippen molar-refractivity contribution in [2.24, 2.45) is 11.3 Å². The van der Waals surface area contributed by atoms with Crippen molar-refractivity contribution in [3.8, 4) is 0 Å². The van der Waals surface area contributed by atoms with Crippen LogP contribution in [0, 0.1) is 11.3 Å². The highest BCUT2D eigenvalue weighted by molar-refractivity contribution is 9.10. The standard InChI is InChI=1S/C18H25BrO4/c1-17(2,3)23-16(21)18(4,5)14(15(20)22-6)11-12-7-9-13(19)10-8-12/h7-10,14H,11H2,1-6H3. The zero-order chi connectivity index (χ0) is 17.8. The number of hydrogen-bond acceptors (Lipinski definition) is 4. The van der Waals surface area contributed by atoms with Crippen molar-refractivity contribution in [2.45, 2.75) is 46.6 Å². The Morgan fingerprint density at radius 1 is 1.09 bits per heavy atom. The largest absolute Gasteiger partial charge is 0.469 e. The predicted octanol–water partition coefficient (Wildman–Crippen LogP) is 4.15. The molecule has 0 bridgehead atoms. The number of ether oxygens (including phenoxy) is 2. The lowest BCUT2D eigenvalue weighted by Gasteiger charge is -2.33. The van der Waals surface area contributed by atoms with Crippen molar-refractivity contribution < 1.29 is 19.1 Å². The maximum atomic E-state index is 12.5. The molecule has 0 heterocycles. The van der Waals surface area contributed by atoms with E-state index < -0.39 is 28.9 Å². The Bertz CT molecular complexity index is 555. The molecular weight excluding hydrogens is 360 g/mol. The van der Waals surface area contributed by atoms with Gasteiger partial charge in [0.1, 0.15) is 5.60 Å². The van der Waals surface area contributed by atoms with Gasteiger partial charge in [-0.05, 0) is 58.7 Å². The molecule has 4 nitrogen and oxygen atoms in total. The summed E-state index contributed by atoms with van der Waals surface area (Å²) in [4.78, 5) is 24.8. The molecule has 0 aliphatic rings. The average Bonchev–Trinajstić information content (AvgIpc) is 2.43. The van der Waals surface area contributed by atoms with Gasteiger partial charge in [-0.2, -0.15) is 0 Å². The third kappa shape index (κ3) is 5.65. The van der Waals surface area contributed by atoms with Gasteiger partial charge >= 0.3 is 11.9 Å². The summed E-state index contributed by atoms with van der Waals surface area (Å²) in [5.74, 6) is -1.44. The fourth-order valence-corrected chi connectivity index (χ4v) is 2.45. The van der Waals surface area contributed by atoms with Crippen LogP contribution in [-0.4, -0.2) is 24.6 Å². The Morgan fingerprint density at radius 2 is 1.61 bits per heavy atom. The minimum Gasteiger partial charge on any atom is -0.469 e. The van der Waals surface area contributed by atoms with Gasteiger partial charge < -0.3 is 9.47 Å². The minimum atomic E-state index is -0.993. The van der Waals surface area contributed by atoms with Crippen LogP contribution >= 0.6 is 15.9 Å². The van der Waals surface area contributed by atoms with Gasteiger partial charge in [-0.1, -0.05) is 28.1 Å². The Balaban J connectivity index is 3.06. The molecule has 0 aromatic heterocycles. The summed E-state index contributed by atoms with van der Waals surface area (Å²) < 4.78 is 11.4. The molecule has 0 amide bonds. The smallest absolute Gasteiger partial charge is 0.312 e. The topological polar surface area (TPSA) is 52.6 Å². The van der Waals surface area contributed by atoms with E-state index in [-0.39, 0.29) is 0 Å². The van der Waals surface area contributed by atoms with E-state index in [2.05, 4.69) is 15.9 Å². The molecule has 0 N–H and O–H groups in total. The zero-order valence-electron chi connectivity index (χ0n) is 14.6. The lowest BCUT2D eigenvalue weighted by molar-refractivity contribution is -0.174. The number of esters is 2.